The highest BCUT2D eigenvalue weighted by Crippen LogP contribution is 2.43. The van der Waals surface area contributed by atoms with Crippen LogP contribution in [0.1, 0.15) is 21.5 Å². The number of hydrogen-bond donors (Lipinski definition) is 2. The average Bonchev–Trinajstić information content (AvgIpc) is 2.68. The van der Waals surface area contributed by atoms with Crippen LogP contribution in [0.5, 0.6) is 5.75 Å². The van der Waals surface area contributed by atoms with E-state index in [-0.39, 0.29) is 23.3 Å². The number of anilines is 1. The van der Waals surface area contributed by atoms with Crippen LogP contribution in [0.2, 0.25) is 5.02 Å². The van der Waals surface area contributed by atoms with Gasteiger partial charge < -0.3 is 10.4 Å². The van der Waals surface area contributed by atoms with Crippen LogP contribution in [0.15, 0.2) is 48.5 Å². The second-order valence-corrected chi connectivity index (χ2v) is 7.07. The number of carbonyl (C=O) groups excluding carboxylic acids is 1. The molecule has 0 aliphatic rings. The van der Waals surface area contributed by atoms with Crippen LogP contribution in [0.3, 0.4) is 0 Å². The molecular formula is C21H10ClF8NO2. The zero-order valence-electron chi connectivity index (χ0n) is 15.9. The highest BCUT2D eigenvalue weighted by molar-refractivity contribution is 6.34. The minimum Gasteiger partial charge on any atom is -0.507 e. The van der Waals surface area contributed by atoms with E-state index in [0.717, 1.165) is 24.3 Å². The number of hydrogen-bond acceptors (Lipinski definition) is 2. The van der Waals surface area contributed by atoms with Gasteiger partial charge >= 0.3 is 12.4 Å². The zero-order valence-corrected chi connectivity index (χ0v) is 16.6. The number of phenols is 1. The molecule has 0 bridgehead atoms. The topological polar surface area (TPSA) is 49.3 Å². The number of aromatic hydroxyl groups is 1. The number of nitrogens with one attached hydrogen (secondary N) is 1. The first-order valence-corrected chi connectivity index (χ1v) is 9.14. The summed E-state index contributed by atoms with van der Waals surface area (Å²) in [5.74, 6) is -3.93. The normalized spacial score (nSPS) is 12.0. The predicted molar refractivity (Wildman–Crippen MR) is 103 cm³/mol. The first kappa shape index (κ1) is 24.3. The first-order valence-electron chi connectivity index (χ1n) is 8.76. The van der Waals surface area contributed by atoms with Crippen LogP contribution in [-0.4, -0.2) is 11.0 Å². The quantitative estimate of drug-likeness (QED) is 0.375. The summed E-state index contributed by atoms with van der Waals surface area (Å²) in [5.41, 5.74) is -5.38. The Hall–Kier alpha value is -3.34. The van der Waals surface area contributed by atoms with Gasteiger partial charge in [-0.1, -0.05) is 17.7 Å². The van der Waals surface area contributed by atoms with E-state index in [0.29, 0.717) is 6.07 Å². The molecule has 2 N–H and O–H groups in total. The Labute approximate surface area is 185 Å². The number of halogens is 9. The molecule has 3 aromatic rings. The fourth-order valence-electron chi connectivity index (χ4n) is 2.88. The summed E-state index contributed by atoms with van der Waals surface area (Å²) in [6.07, 6.45) is -10.5. The maximum atomic E-state index is 14.0. The Morgan fingerprint density at radius 2 is 1.55 bits per heavy atom. The molecule has 0 aliphatic carbocycles. The third kappa shape index (κ3) is 5.19. The molecule has 0 radical (unpaired) electrons. The van der Waals surface area contributed by atoms with Crippen LogP contribution < -0.4 is 5.32 Å². The van der Waals surface area contributed by atoms with Crippen molar-refractivity contribution in [3.05, 3.63) is 81.9 Å². The number of phenolic OH excluding ortho intramolecular Hbond substituents is 1. The molecule has 174 valence electrons. The molecule has 0 atom stereocenters. The molecule has 0 fully saturated rings. The van der Waals surface area contributed by atoms with Crippen LogP contribution in [0.25, 0.3) is 11.1 Å². The second kappa shape index (κ2) is 8.54. The standard InChI is InChI=1S/C21H10ClF8NO2/c22-18-14(21(28,29)30)6-10(20(25,26)27)7-16(18)31-19(33)13-5-9(1-4-17(13)32)12-3-2-11(23)8-15(12)24/h1-8,32H,(H,31,33). The van der Waals surface area contributed by atoms with E-state index in [4.69, 9.17) is 11.6 Å². The lowest BCUT2D eigenvalue weighted by Crippen LogP contribution is -2.17. The van der Waals surface area contributed by atoms with Crippen molar-refractivity contribution in [3.63, 3.8) is 0 Å². The molecule has 0 heterocycles. The lowest BCUT2D eigenvalue weighted by Gasteiger charge is -2.17. The summed E-state index contributed by atoms with van der Waals surface area (Å²) in [4.78, 5) is 12.6. The van der Waals surface area contributed by atoms with Crippen molar-refractivity contribution in [2.45, 2.75) is 12.4 Å². The van der Waals surface area contributed by atoms with Gasteiger partial charge in [-0.25, -0.2) is 8.78 Å². The van der Waals surface area contributed by atoms with Crippen molar-refractivity contribution in [2.24, 2.45) is 0 Å². The van der Waals surface area contributed by atoms with Gasteiger partial charge in [-0.3, -0.25) is 4.79 Å². The summed E-state index contributed by atoms with van der Waals surface area (Å²) in [7, 11) is 0. The molecule has 0 unspecified atom stereocenters. The number of rotatable bonds is 3. The van der Waals surface area contributed by atoms with Crippen molar-refractivity contribution >= 4 is 23.2 Å². The van der Waals surface area contributed by atoms with Gasteiger partial charge in [0, 0.05) is 11.6 Å². The lowest BCUT2D eigenvalue weighted by atomic mass is 10.0. The van der Waals surface area contributed by atoms with Gasteiger partial charge in [-0.2, -0.15) is 26.3 Å². The second-order valence-electron chi connectivity index (χ2n) is 6.69. The summed E-state index contributed by atoms with van der Waals surface area (Å²) in [6.45, 7) is 0. The molecule has 0 saturated heterocycles. The van der Waals surface area contributed by atoms with Crippen molar-refractivity contribution in [1.82, 2.24) is 0 Å². The van der Waals surface area contributed by atoms with E-state index in [1.807, 2.05) is 5.32 Å². The van der Waals surface area contributed by atoms with Crippen molar-refractivity contribution < 1.29 is 45.0 Å². The minimum atomic E-state index is -5.26. The summed E-state index contributed by atoms with van der Waals surface area (Å²) in [5, 5.41) is 10.6. The monoisotopic (exact) mass is 495 g/mol. The van der Waals surface area contributed by atoms with Gasteiger partial charge in [0.1, 0.15) is 17.4 Å². The Morgan fingerprint density at radius 3 is 2.12 bits per heavy atom. The van der Waals surface area contributed by atoms with E-state index in [2.05, 4.69) is 0 Å². The molecule has 1 amide bonds. The highest BCUT2D eigenvalue weighted by atomic mass is 35.5. The van der Waals surface area contributed by atoms with Crippen LogP contribution in [0.4, 0.5) is 40.8 Å². The van der Waals surface area contributed by atoms with Crippen molar-refractivity contribution in [2.75, 3.05) is 5.32 Å². The van der Waals surface area contributed by atoms with Crippen molar-refractivity contribution in [1.29, 1.82) is 0 Å². The molecule has 12 heteroatoms. The molecule has 0 aliphatic heterocycles. The van der Waals surface area contributed by atoms with Gasteiger partial charge in [0.25, 0.3) is 5.91 Å². The molecule has 0 spiro atoms. The van der Waals surface area contributed by atoms with E-state index in [9.17, 15) is 45.0 Å². The molecule has 0 saturated carbocycles. The van der Waals surface area contributed by atoms with E-state index < -0.39 is 63.0 Å². The summed E-state index contributed by atoms with van der Waals surface area (Å²) >= 11 is 5.60. The van der Waals surface area contributed by atoms with Crippen LogP contribution in [0, 0.1) is 11.6 Å². The minimum absolute atomic E-state index is 0.0263. The molecule has 3 nitrogen and oxygen atoms in total. The predicted octanol–water partition coefficient (Wildman–Crippen LogP) is 7.28. The lowest BCUT2D eigenvalue weighted by molar-refractivity contribution is -0.142. The maximum absolute atomic E-state index is 14.0. The van der Waals surface area contributed by atoms with Gasteiger partial charge in [0.15, 0.2) is 0 Å². The molecular weight excluding hydrogens is 486 g/mol. The Morgan fingerprint density at radius 1 is 0.879 bits per heavy atom. The van der Waals surface area contributed by atoms with Crippen LogP contribution in [-0.2, 0) is 12.4 Å². The zero-order chi connectivity index (χ0) is 24.7. The molecule has 0 aromatic heterocycles. The fourth-order valence-corrected chi connectivity index (χ4v) is 3.15. The number of amides is 1. The van der Waals surface area contributed by atoms with Crippen molar-refractivity contribution in [3.8, 4) is 16.9 Å². The smallest absolute Gasteiger partial charge is 0.417 e. The highest BCUT2D eigenvalue weighted by Gasteiger charge is 2.39. The van der Waals surface area contributed by atoms with Gasteiger partial charge in [-0.05, 0) is 42.0 Å². The Kier molecular flexibility index (Phi) is 6.29. The number of carbonyl (C=O) groups is 1. The van der Waals surface area contributed by atoms with Crippen LogP contribution >= 0.6 is 11.6 Å². The largest absolute Gasteiger partial charge is 0.507 e. The first-order chi connectivity index (χ1) is 15.2. The fraction of sp³-hybridized carbons (Fsp3) is 0.0952. The Balaban J connectivity index is 2.06. The van der Waals surface area contributed by atoms with Gasteiger partial charge in [0.2, 0.25) is 0 Å². The average molecular weight is 496 g/mol. The van der Waals surface area contributed by atoms with Gasteiger partial charge in [-0.15, -0.1) is 0 Å². The summed E-state index contributed by atoms with van der Waals surface area (Å²) in [6, 6.07) is 5.56. The number of alkyl halides is 6. The Bertz CT molecular complexity index is 1240. The SMILES string of the molecule is O=C(Nc1cc(C(F)(F)F)cc(C(F)(F)F)c1Cl)c1cc(-c2ccc(F)cc2F)ccc1O. The molecule has 33 heavy (non-hydrogen) atoms. The molecule has 3 rings (SSSR count). The molecule has 3 aromatic carbocycles. The third-order valence-electron chi connectivity index (χ3n) is 4.44. The third-order valence-corrected chi connectivity index (χ3v) is 4.84. The van der Waals surface area contributed by atoms with E-state index in [1.165, 1.54) is 6.07 Å². The van der Waals surface area contributed by atoms with E-state index >= 15 is 0 Å². The van der Waals surface area contributed by atoms with E-state index in [1.54, 1.807) is 0 Å². The number of benzene rings is 3. The maximum Gasteiger partial charge on any atom is 0.417 e. The van der Waals surface area contributed by atoms with Gasteiger partial charge in [0.05, 0.1) is 27.4 Å². The summed E-state index contributed by atoms with van der Waals surface area (Å²) < 4.78 is 106.